The fourth-order valence-corrected chi connectivity index (χ4v) is 4.41. The number of carbonyl (C=O) groups excluding carboxylic acids is 2. The molecule has 3 aliphatic carbocycles. The highest BCUT2D eigenvalue weighted by Gasteiger charge is 2.57. The highest BCUT2D eigenvalue weighted by atomic mass is 16.5. The standard InChI is InChI=1S/C19H26N2O3/c1-11-15-8-14(19(15,2)3)9-16(11)24-17(22)13-6-4-12(5-7-13)10-21-18(20)23/h4-7,11,14-16H,8-10H2,1-3H3,(H3,20,21,23)/t11-,14+,15+,16-/m0/s1. The molecule has 2 amide bonds. The summed E-state index contributed by atoms with van der Waals surface area (Å²) in [5.74, 6) is 1.46. The molecule has 3 saturated carbocycles. The normalized spacial score (nSPS) is 30.1. The van der Waals surface area contributed by atoms with E-state index in [4.69, 9.17) is 10.5 Å². The van der Waals surface area contributed by atoms with E-state index < -0.39 is 6.03 Å². The Hall–Kier alpha value is -2.04. The van der Waals surface area contributed by atoms with Gasteiger partial charge in [-0.25, -0.2) is 9.59 Å². The number of rotatable bonds is 4. The van der Waals surface area contributed by atoms with Crippen molar-refractivity contribution in [1.29, 1.82) is 0 Å². The van der Waals surface area contributed by atoms with E-state index in [2.05, 4.69) is 26.1 Å². The smallest absolute Gasteiger partial charge is 0.338 e. The van der Waals surface area contributed by atoms with Crippen LogP contribution in [0.1, 0.15) is 49.5 Å². The van der Waals surface area contributed by atoms with Crippen LogP contribution in [0.3, 0.4) is 0 Å². The van der Waals surface area contributed by atoms with Gasteiger partial charge in [0.2, 0.25) is 0 Å². The summed E-state index contributed by atoms with van der Waals surface area (Å²) < 4.78 is 5.79. The second-order valence-electron chi connectivity index (χ2n) is 7.81. The van der Waals surface area contributed by atoms with Crippen molar-refractivity contribution in [3.8, 4) is 0 Å². The highest BCUT2D eigenvalue weighted by molar-refractivity contribution is 5.89. The topological polar surface area (TPSA) is 81.4 Å². The molecule has 2 bridgehead atoms. The Kier molecular flexibility index (Phi) is 4.28. The molecule has 4 atom stereocenters. The molecule has 4 rings (SSSR count). The third-order valence-corrected chi connectivity index (χ3v) is 6.20. The number of nitrogens with one attached hydrogen (secondary N) is 1. The fraction of sp³-hybridized carbons (Fsp3) is 0.579. The molecule has 1 aromatic carbocycles. The quantitative estimate of drug-likeness (QED) is 0.832. The van der Waals surface area contributed by atoms with Crippen LogP contribution in [0.4, 0.5) is 4.79 Å². The summed E-state index contributed by atoms with van der Waals surface area (Å²) in [6.45, 7) is 7.22. The molecule has 0 saturated heterocycles. The van der Waals surface area contributed by atoms with Crippen molar-refractivity contribution in [2.75, 3.05) is 0 Å². The lowest BCUT2D eigenvalue weighted by molar-refractivity contribution is -0.156. The van der Waals surface area contributed by atoms with E-state index in [0.29, 0.717) is 35.3 Å². The van der Waals surface area contributed by atoms with E-state index in [1.165, 1.54) is 6.42 Å². The van der Waals surface area contributed by atoms with Crippen LogP contribution in [0.5, 0.6) is 0 Å². The minimum Gasteiger partial charge on any atom is -0.458 e. The summed E-state index contributed by atoms with van der Waals surface area (Å²) in [6.07, 6.45) is 2.26. The molecule has 24 heavy (non-hydrogen) atoms. The predicted octanol–water partition coefficient (Wildman–Crippen LogP) is 3.08. The first-order chi connectivity index (χ1) is 11.3. The number of fused-ring (bicyclic) bond motifs is 2. The van der Waals surface area contributed by atoms with E-state index in [0.717, 1.165) is 12.0 Å². The average Bonchev–Trinajstić information content (AvgIpc) is 2.54. The van der Waals surface area contributed by atoms with Crippen LogP contribution in [-0.4, -0.2) is 18.1 Å². The van der Waals surface area contributed by atoms with Gasteiger partial charge in [0.15, 0.2) is 0 Å². The number of urea groups is 1. The van der Waals surface area contributed by atoms with Gasteiger partial charge in [0.25, 0.3) is 0 Å². The molecule has 0 radical (unpaired) electrons. The molecule has 0 aromatic heterocycles. The number of esters is 1. The van der Waals surface area contributed by atoms with Gasteiger partial charge in [-0.1, -0.05) is 32.9 Å². The summed E-state index contributed by atoms with van der Waals surface area (Å²) >= 11 is 0. The number of hydrogen-bond donors (Lipinski definition) is 2. The van der Waals surface area contributed by atoms with Crippen molar-refractivity contribution in [3.05, 3.63) is 35.4 Å². The number of nitrogens with two attached hydrogens (primary N) is 1. The van der Waals surface area contributed by atoms with Crippen LogP contribution >= 0.6 is 0 Å². The molecule has 5 nitrogen and oxygen atoms in total. The van der Waals surface area contributed by atoms with Gasteiger partial charge in [-0.15, -0.1) is 0 Å². The van der Waals surface area contributed by atoms with Crippen molar-refractivity contribution in [2.45, 2.75) is 46.3 Å². The lowest BCUT2D eigenvalue weighted by Gasteiger charge is -2.61. The second kappa shape index (κ2) is 6.11. The maximum Gasteiger partial charge on any atom is 0.338 e. The first kappa shape index (κ1) is 16.8. The first-order valence-electron chi connectivity index (χ1n) is 8.62. The average molecular weight is 330 g/mol. The van der Waals surface area contributed by atoms with Gasteiger partial charge in [-0.05, 0) is 53.7 Å². The zero-order valence-electron chi connectivity index (χ0n) is 14.5. The molecule has 3 aliphatic rings. The Bertz CT molecular complexity index is 639. The Morgan fingerprint density at radius 3 is 2.46 bits per heavy atom. The van der Waals surface area contributed by atoms with E-state index in [9.17, 15) is 9.59 Å². The van der Waals surface area contributed by atoms with Crippen LogP contribution in [0, 0.1) is 23.2 Å². The molecule has 0 unspecified atom stereocenters. The summed E-state index contributed by atoms with van der Waals surface area (Å²) in [6, 6.07) is 6.51. The molecule has 5 heteroatoms. The number of benzene rings is 1. The first-order valence-corrected chi connectivity index (χ1v) is 8.62. The molecular formula is C19H26N2O3. The lowest BCUT2D eigenvalue weighted by atomic mass is 9.45. The Morgan fingerprint density at radius 2 is 1.92 bits per heavy atom. The predicted molar refractivity (Wildman–Crippen MR) is 91.2 cm³/mol. The Labute approximate surface area is 142 Å². The fourth-order valence-electron chi connectivity index (χ4n) is 4.41. The van der Waals surface area contributed by atoms with Gasteiger partial charge < -0.3 is 15.8 Å². The number of primary amides is 1. The van der Waals surface area contributed by atoms with E-state index >= 15 is 0 Å². The van der Waals surface area contributed by atoms with Crippen molar-refractivity contribution in [1.82, 2.24) is 5.32 Å². The second-order valence-corrected chi connectivity index (χ2v) is 7.81. The molecule has 0 heterocycles. The number of hydrogen-bond acceptors (Lipinski definition) is 3. The van der Waals surface area contributed by atoms with Gasteiger partial charge in [0.1, 0.15) is 6.10 Å². The maximum atomic E-state index is 12.4. The van der Waals surface area contributed by atoms with E-state index in [1.54, 1.807) is 24.3 Å². The summed E-state index contributed by atoms with van der Waals surface area (Å²) in [5, 5.41) is 2.52. The third kappa shape index (κ3) is 2.99. The van der Waals surface area contributed by atoms with Crippen molar-refractivity contribution < 1.29 is 14.3 Å². The molecule has 130 valence electrons. The largest absolute Gasteiger partial charge is 0.458 e. The van der Waals surface area contributed by atoms with E-state index in [-0.39, 0.29) is 12.1 Å². The third-order valence-electron chi connectivity index (χ3n) is 6.20. The van der Waals surface area contributed by atoms with Crippen molar-refractivity contribution >= 4 is 12.0 Å². The van der Waals surface area contributed by atoms with Crippen LogP contribution < -0.4 is 11.1 Å². The monoisotopic (exact) mass is 330 g/mol. The Morgan fingerprint density at radius 1 is 1.25 bits per heavy atom. The maximum absolute atomic E-state index is 12.4. The molecular weight excluding hydrogens is 304 g/mol. The van der Waals surface area contributed by atoms with E-state index in [1.807, 2.05) is 0 Å². The molecule has 3 N–H and O–H groups in total. The summed E-state index contributed by atoms with van der Waals surface area (Å²) in [7, 11) is 0. The van der Waals surface area contributed by atoms with Gasteiger partial charge in [-0.2, -0.15) is 0 Å². The van der Waals surface area contributed by atoms with Crippen molar-refractivity contribution in [3.63, 3.8) is 0 Å². The lowest BCUT2D eigenvalue weighted by Crippen LogP contribution is -2.57. The van der Waals surface area contributed by atoms with Gasteiger partial charge in [-0.3, -0.25) is 0 Å². The van der Waals surface area contributed by atoms with Gasteiger partial charge in [0, 0.05) is 6.54 Å². The molecule has 3 fully saturated rings. The number of amides is 2. The molecule has 0 spiro atoms. The van der Waals surface area contributed by atoms with Crippen LogP contribution in [-0.2, 0) is 11.3 Å². The SMILES string of the molecule is C[C@@H]1[C@@H](OC(=O)c2ccc(CNC(N)=O)cc2)C[C@H]2C[C@H]1C2(C)C. The van der Waals surface area contributed by atoms with Gasteiger partial charge >= 0.3 is 12.0 Å². The minimum absolute atomic E-state index is 0.0190. The number of carbonyl (C=O) groups is 2. The van der Waals surface area contributed by atoms with Crippen LogP contribution in [0.15, 0.2) is 24.3 Å². The van der Waals surface area contributed by atoms with Crippen LogP contribution in [0.2, 0.25) is 0 Å². The van der Waals surface area contributed by atoms with Crippen LogP contribution in [0.25, 0.3) is 0 Å². The van der Waals surface area contributed by atoms with Gasteiger partial charge in [0.05, 0.1) is 5.56 Å². The summed E-state index contributed by atoms with van der Waals surface area (Å²) in [5.41, 5.74) is 6.86. The molecule has 1 aromatic rings. The zero-order valence-corrected chi connectivity index (χ0v) is 14.5. The highest BCUT2D eigenvalue weighted by Crippen LogP contribution is 2.61. The number of ether oxygens (including phenoxy) is 1. The minimum atomic E-state index is -0.564. The van der Waals surface area contributed by atoms with Crippen molar-refractivity contribution in [2.24, 2.45) is 28.9 Å². The molecule has 0 aliphatic heterocycles. The Balaban J connectivity index is 1.58. The zero-order chi connectivity index (χ0) is 17.5. The summed E-state index contributed by atoms with van der Waals surface area (Å²) in [4.78, 5) is 23.1.